The van der Waals surface area contributed by atoms with E-state index in [1.54, 1.807) is 0 Å². The monoisotopic (exact) mass is 258 g/mol. The van der Waals surface area contributed by atoms with E-state index in [2.05, 4.69) is 9.47 Å². The summed E-state index contributed by atoms with van der Waals surface area (Å²) in [6.45, 7) is -2.65. The third-order valence-electron chi connectivity index (χ3n) is 1.66. The van der Waals surface area contributed by atoms with Gasteiger partial charge in [0.05, 0.1) is 0 Å². The third kappa shape index (κ3) is 1.55. The summed E-state index contributed by atoms with van der Waals surface area (Å²) in [6, 6.07) is 0. The van der Waals surface area contributed by atoms with Crippen LogP contribution in [-0.2, 0) is 9.47 Å². The Labute approximate surface area is 82.4 Å². The first-order chi connectivity index (χ1) is 7.07. The summed E-state index contributed by atoms with van der Waals surface area (Å²) in [4.78, 5) is 0. The minimum absolute atomic E-state index is 2.33. The van der Waals surface area contributed by atoms with E-state index in [9.17, 15) is 35.1 Å². The second-order valence-corrected chi connectivity index (χ2v) is 2.71. The minimum Gasteiger partial charge on any atom is -0.414 e. The van der Waals surface area contributed by atoms with E-state index in [0.29, 0.717) is 0 Å². The summed E-state index contributed by atoms with van der Waals surface area (Å²) in [7, 11) is 0. The average molecular weight is 258 g/mol. The van der Waals surface area contributed by atoms with Crippen LogP contribution in [0.25, 0.3) is 0 Å². The van der Waals surface area contributed by atoms with Gasteiger partial charge in [-0.25, -0.2) is 4.39 Å². The SMILES string of the molecule is FCC1(F)OC(=C(F)F)OC1(F)C(F)(F)F. The Morgan fingerprint density at radius 3 is 1.88 bits per heavy atom. The Balaban J connectivity index is 3.24. The fourth-order valence-corrected chi connectivity index (χ4v) is 0.897. The molecule has 0 aromatic carbocycles. The molecule has 0 bridgehead atoms. The van der Waals surface area contributed by atoms with E-state index in [4.69, 9.17) is 0 Å². The van der Waals surface area contributed by atoms with Crippen LogP contribution in [0.3, 0.4) is 0 Å². The van der Waals surface area contributed by atoms with Crippen LogP contribution in [0, 0.1) is 0 Å². The summed E-state index contributed by atoms with van der Waals surface area (Å²) < 4.78 is 104. The van der Waals surface area contributed by atoms with Gasteiger partial charge in [0, 0.05) is 0 Å². The summed E-state index contributed by atoms with van der Waals surface area (Å²) >= 11 is 0. The van der Waals surface area contributed by atoms with Crippen LogP contribution < -0.4 is 0 Å². The second kappa shape index (κ2) is 3.39. The molecule has 1 heterocycles. The first kappa shape index (κ1) is 12.8. The first-order valence-corrected chi connectivity index (χ1v) is 3.51. The van der Waals surface area contributed by atoms with Crippen molar-refractivity contribution in [3.63, 3.8) is 0 Å². The molecule has 0 radical (unpaired) electrons. The number of alkyl halides is 6. The fourth-order valence-electron chi connectivity index (χ4n) is 0.897. The Hall–Kier alpha value is -1.22. The molecule has 1 fully saturated rings. The van der Waals surface area contributed by atoms with Gasteiger partial charge in [-0.1, -0.05) is 0 Å². The van der Waals surface area contributed by atoms with Gasteiger partial charge >= 0.3 is 29.9 Å². The van der Waals surface area contributed by atoms with Crippen LogP contribution in [-0.4, -0.2) is 24.6 Å². The lowest BCUT2D eigenvalue weighted by atomic mass is 10.1. The van der Waals surface area contributed by atoms with Gasteiger partial charge in [-0.3, -0.25) is 0 Å². The van der Waals surface area contributed by atoms with Gasteiger partial charge in [0.15, 0.2) is 6.67 Å². The summed E-state index contributed by atoms with van der Waals surface area (Å²) in [5.74, 6) is -12.3. The zero-order valence-corrected chi connectivity index (χ0v) is 7.05. The molecule has 1 saturated heterocycles. The van der Waals surface area contributed by atoms with E-state index in [1.165, 1.54) is 0 Å². The zero-order valence-electron chi connectivity index (χ0n) is 7.05. The summed E-state index contributed by atoms with van der Waals surface area (Å²) in [5.41, 5.74) is 0. The van der Waals surface area contributed by atoms with Crippen LogP contribution in [0.2, 0.25) is 0 Å². The Kier molecular flexibility index (Phi) is 2.72. The largest absolute Gasteiger partial charge is 0.468 e. The van der Waals surface area contributed by atoms with Crippen LogP contribution in [0.1, 0.15) is 0 Å². The topological polar surface area (TPSA) is 18.5 Å². The molecule has 94 valence electrons. The maximum atomic E-state index is 13.0. The quantitative estimate of drug-likeness (QED) is 0.673. The molecule has 0 spiro atoms. The fraction of sp³-hybridized carbons (Fsp3) is 0.667. The van der Waals surface area contributed by atoms with Crippen molar-refractivity contribution < 1.29 is 44.6 Å². The number of rotatable bonds is 1. The molecular weight excluding hydrogens is 256 g/mol. The molecule has 0 aromatic rings. The number of ether oxygens (including phenoxy) is 2. The van der Waals surface area contributed by atoms with Crippen molar-refractivity contribution >= 4 is 0 Å². The molecule has 0 aliphatic carbocycles. The smallest absolute Gasteiger partial charge is 0.414 e. The van der Waals surface area contributed by atoms with Crippen molar-refractivity contribution in [2.75, 3.05) is 6.67 Å². The predicted molar refractivity (Wildman–Crippen MR) is 31.1 cm³/mol. The van der Waals surface area contributed by atoms with Crippen LogP contribution in [0.15, 0.2) is 12.0 Å². The molecule has 1 aliphatic rings. The lowest BCUT2D eigenvalue weighted by molar-refractivity contribution is -0.362. The van der Waals surface area contributed by atoms with Gasteiger partial charge in [0.25, 0.3) is 0 Å². The van der Waals surface area contributed by atoms with Crippen LogP contribution in [0.5, 0.6) is 0 Å². The van der Waals surface area contributed by atoms with Crippen LogP contribution >= 0.6 is 0 Å². The molecule has 16 heavy (non-hydrogen) atoms. The molecule has 2 nitrogen and oxygen atoms in total. The summed E-state index contributed by atoms with van der Waals surface area (Å²) in [5, 5.41) is 0. The Bertz CT molecular complexity index is 321. The highest BCUT2D eigenvalue weighted by Crippen LogP contribution is 2.53. The lowest BCUT2D eigenvalue weighted by Crippen LogP contribution is -2.56. The van der Waals surface area contributed by atoms with Crippen molar-refractivity contribution in [3.05, 3.63) is 12.0 Å². The molecular formula is C6H2F8O2. The maximum absolute atomic E-state index is 13.0. The molecule has 2 unspecified atom stereocenters. The highest BCUT2D eigenvalue weighted by Gasteiger charge is 2.79. The van der Waals surface area contributed by atoms with Gasteiger partial charge in [-0.15, -0.1) is 0 Å². The van der Waals surface area contributed by atoms with Crippen molar-refractivity contribution in [3.8, 4) is 0 Å². The van der Waals surface area contributed by atoms with Crippen molar-refractivity contribution in [2.45, 2.75) is 17.9 Å². The second-order valence-electron chi connectivity index (χ2n) is 2.71. The molecule has 1 rings (SSSR count). The molecule has 0 amide bonds. The van der Waals surface area contributed by atoms with Crippen LogP contribution in [0.4, 0.5) is 35.1 Å². The molecule has 0 aromatic heterocycles. The summed E-state index contributed by atoms with van der Waals surface area (Å²) in [6.07, 6.45) is -9.12. The molecule has 0 N–H and O–H groups in total. The number of hydrogen-bond acceptors (Lipinski definition) is 2. The van der Waals surface area contributed by atoms with E-state index >= 15 is 0 Å². The van der Waals surface area contributed by atoms with Crippen molar-refractivity contribution in [1.29, 1.82) is 0 Å². The Morgan fingerprint density at radius 2 is 1.62 bits per heavy atom. The molecule has 2 atom stereocenters. The highest BCUT2D eigenvalue weighted by atomic mass is 19.4. The standard InChI is InChI=1S/C6H2F8O2/c7-1-4(10)5(11,6(12,13)14)16-3(15-4)2(8)9/h1H2. The van der Waals surface area contributed by atoms with Gasteiger partial charge in [-0.2, -0.15) is 30.7 Å². The number of hydrogen-bond donors (Lipinski definition) is 0. The molecule has 10 heteroatoms. The van der Waals surface area contributed by atoms with Gasteiger partial charge in [0.1, 0.15) is 0 Å². The van der Waals surface area contributed by atoms with Crippen molar-refractivity contribution in [1.82, 2.24) is 0 Å². The Morgan fingerprint density at radius 1 is 1.12 bits per heavy atom. The highest BCUT2D eigenvalue weighted by molar-refractivity contribution is 5.05. The first-order valence-electron chi connectivity index (χ1n) is 3.51. The predicted octanol–water partition coefficient (Wildman–Crippen LogP) is 2.96. The minimum atomic E-state index is -6.08. The van der Waals surface area contributed by atoms with E-state index in [-0.39, 0.29) is 0 Å². The number of halogens is 8. The van der Waals surface area contributed by atoms with Gasteiger partial charge < -0.3 is 9.47 Å². The maximum Gasteiger partial charge on any atom is 0.468 e. The van der Waals surface area contributed by atoms with Crippen molar-refractivity contribution in [2.24, 2.45) is 0 Å². The zero-order chi connectivity index (χ0) is 12.8. The van der Waals surface area contributed by atoms with E-state index in [0.717, 1.165) is 0 Å². The van der Waals surface area contributed by atoms with E-state index < -0.39 is 36.6 Å². The normalized spacial score (nSPS) is 34.6. The van der Waals surface area contributed by atoms with Gasteiger partial charge in [-0.05, 0) is 0 Å². The third-order valence-corrected chi connectivity index (χ3v) is 1.66. The average Bonchev–Trinajstić information content (AvgIpc) is 2.41. The molecule has 1 aliphatic heterocycles. The van der Waals surface area contributed by atoms with Gasteiger partial charge in [0.2, 0.25) is 0 Å². The lowest BCUT2D eigenvalue weighted by Gasteiger charge is -2.27. The van der Waals surface area contributed by atoms with E-state index in [1.807, 2.05) is 0 Å². The molecule has 0 saturated carbocycles.